The van der Waals surface area contributed by atoms with E-state index in [0.29, 0.717) is 0 Å². The zero-order valence-electron chi connectivity index (χ0n) is 8.64. The molecule has 0 saturated carbocycles. The van der Waals surface area contributed by atoms with Crippen LogP contribution < -0.4 is 5.73 Å². The number of hydrogen-bond acceptors (Lipinski definition) is 7. The molecule has 0 spiro atoms. The van der Waals surface area contributed by atoms with Gasteiger partial charge in [0.1, 0.15) is 6.04 Å². The van der Waals surface area contributed by atoms with Gasteiger partial charge in [-0.15, -0.1) is 11.8 Å². The average molecular weight is 287 g/mol. The first-order chi connectivity index (χ1) is 7.65. The zero-order valence-corrected chi connectivity index (χ0v) is 10.3. The second kappa shape index (κ2) is 6.79. The molecule has 10 heteroatoms. The Morgan fingerprint density at radius 3 is 2.18 bits per heavy atom. The third kappa shape index (κ3) is 7.15. The van der Waals surface area contributed by atoms with Gasteiger partial charge >= 0.3 is 11.9 Å². The second-order valence-electron chi connectivity index (χ2n) is 3.20. The highest BCUT2D eigenvalue weighted by Gasteiger charge is 2.23. The summed E-state index contributed by atoms with van der Waals surface area (Å²) < 4.78 is 22.5. The maximum Gasteiger partial charge on any atom is 0.333 e. The van der Waals surface area contributed by atoms with Gasteiger partial charge in [0, 0.05) is 5.75 Å². The molecule has 100 valence electrons. The van der Waals surface area contributed by atoms with Gasteiger partial charge in [0.05, 0.1) is 10.8 Å². The summed E-state index contributed by atoms with van der Waals surface area (Å²) in [7, 11) is -3.76. The van der Waals surface area contributed by atoms with Crippen LogP contribution in [-0.2, 0) is 19.4 Å². The van der Waals surface area contributed by atoms with E-state index < -0.39 is 44.8 Å². The minimum absolute atomic E-state index is 0.113. The van der Waals surface area contributed by atoms with Crippen LogP contribution in [0.3, 0.4) is 0 Å². The first-order valence-electron chi connectivity index (χ1n) is 4.33. The van der Waals surface area contributed by atoms with Gasteiger partial charge in [-0.25, -0.2) is 13.2 Å². The number of carboxylic acid groups (broad SMARTS) is 2. The van der Waals surface area contributed by atoms with Gasteiger partial charge in [-0.05, 0) is 0 Å². The standard InChI is InChI=1S/C7H13NO7S2/c8-4(6(10)11)1-16-3-17(14,15)2-5(9)7(12)13/h4-5,9H,1-3,8H2,(H,10,11)(H,12,13). The lowest BCUT2D eigenvalue weighted by atomic mass is 10.4. The van der Waals surface area contributed by atoms with E-state index in [1.54, 1.807) is 0 Å². The number of nitrogens with two attached hydrogens (primary N) is 1. The van der Waals surface area contributed by atoms with Crippen molar-refractivity contribution >= 4 is 33.5 Å². The van der Waals surface area contributed by atoms with Crippen LogP contribution in [0, 0.1) is 0 Å². The van der Waals surface area contributed by atoms with Crippen molar-refractivity contribution in [1.29, 1.82) is 0 Å². The molecule has 0 aliphatic carbocycles. The van der Waals surface area contributed by atoms with E-state index in [2.05, 4.69) is 0 Å². The summed E-state index contributed by atoms with van der Waals surface area (Å²) in [4.78, 5) is 20.5. The monoisotopic (exact) mass is 287 g/mol. The average Bonchev–Trinajstić information content (AvgIpc) is 2.15. The summed E-state index contributed by atoms with van der Waals surface area (Å²) in [6, 6.07) is -1.18. The lowest BCUT2D eigenvalue weighted by Gasteiger charge is -2.08. The fourth-order valence-corrected chi connectivity index (χ4v) is 3.54. The first-order valence-corrected chi connectivity index (χ1v) is 7.30. The van der Waals surface area contributed by atoms with Crippen LogP contribution in [0.2, 0.25) is 0 Å². The van der Waals surface area contributed by atoms with Crippen molar-refractivity contribution in [2.24, 2.45) is 5.73 Å². The Hall–Kier alpha value is -0.840. The van der Waals surface area contributed by atoms with E-state index >= 15 is 0 Å². The van der Waals surface area contributed by atoms with Crippen molar-refractivity contribution in [2.75, 3.05) is 16.6 Å². The van der Waals surface area contributed by atoms with Crippen molar-refractivity contribution in [1.82, 2.24) is 0 Å². The van der Waals surface area contributed by atoms with E-state index in [0.717, 1.165) is 11.8 Å². The van der Waals surface area contributed by atoms with E-state index in [-0.39, 0.29) is 5.75 Å². The molecule has 0 aromatic rings. The minimum atomic E-state index is -3.76. The van der Waals surface area contributed by atoms with Gasteiger partial charge in [-0.1, -0.05) is 0 Å². The number of aliphatic carboxylic acids is 2. The fraction of sp³-hybridized carbons (Fsp3) is 0.714. The predicted molar refractivity (Wildman–Crippen MR) is 60.4 cm³/mol. The van der Waals surface area contributed by atoms with E-state index in [1.807, 2.05) is 0 Å². The highest BCUT2D eigenvalue weighted by molar-refractivity contribution is 8.12. The van der Waals surface area contributed by atoms with Crippen molar-refractivity contribution in [3.05, 3.63) is 0 Å². The summed E-state index contributed by atoms with van der Waals surface area (Å²) in [6.45, 7) is 0. The largest absolute Gasteiger partial charge is 0.480 e. The molecule has 0 rings (SSSR count). The molecule has 5 N–H and O–H groups in total. The lowest BCUT2D eigenvalue weighted by molar-refractivity contribution is -0.145. The Balaban J connectivity index is 4.11. The van der Waals surface area contributed by atoms with Crippen LogP contribution in [-0.4, -0.2) is 64.4 Å². The maximum atomic E-state index is 11.3. The molecule has 17 heavy (non-hydrogen) atoms. The molecule has 0 amide bonds. The Morgan fingerprint density at radius 2 is 1.76 bits per heavy atom. The summed E-state index contributed by atoms with van der Waals surface area (Å²) >= 11 is 0.752. The number of rotatable bonds is 8. The van der Waals surface area contributed by atoms with Crippen molar-refractivity contribution in [3.63, 3.8) is 0 Å². The van der Waals surface area contributed by atoms with Gasteiger partial charge < -0.3 is 21.1 Å². The Morgan fingerprint density at radius 1 is 1.24 bits per heavy atom. The zero-order chi connectivity index (χ0) is 13.6. The van der Waals surface area contributed by atoms with Crippen molar-refractivity contribution < 1.29 is 33.3 Å². The van der Waals surface area contributed by atoms with Gasteiger partial charge in [0.2, 0.25) is 0 Å². The van der Waals surface area contributed by atoms with Crippen molar-refractivity contribution in [2.45, 2.75) is 12.1 Å². The predicted octanol–water partition coefficient (Wildman–Crippen LogP) is -2.05. The van der Waals surface area contributed by atoms with Crippen LogP contribution in [0.15, 0.2) is 0 Å². The van der Waals surface area contributed by atoms with Gasteiger partial charge in [0.15, 0.2) is 15.9 Å². The number of aliphatic hydroxyl groups is 1. The van der Waals surface area contributed by atoms with Gasteiger partial charge in [0.25, 0.3) is 0 Å². The number of thioether (sulfide) groups is 1. The molecular weight excluding hydrogens is 274 g/mol. The number of sulfone groups is 1. The van der Waals surface area contributed by atoms with E-state index in [1.165, 1.54) is 0 Å². The molecule has 0 bridgehead atoms. The highest BCUT2D eigenvalue weighted by atomic mass is 32.3. The Labute approximate surface area is 102 Å². The molecule has 0 aromatic carbocycles. The molecule has 2 unspecified atom stereocenters. The molecule has 0 aromatic heterocycles. The second-order valence-corrected chi connectivity index (χ2v) is 6.70. The minimum Gasteiger partial charge on any atom is -0.480 e. The third-order valence-corrected chi connectivity index (χ3v) is 5.10. The van der Waals surface area contributed by atoms with E-state index in [4.69, 9.17) is 21.1 Å². The van der Waals surface area contributed by atoms with E-state index in [9.17, 15) is 18.0 Å². The highest BCUT2D eigenvalue weighted by Crippen LogP contribution is 2.08. The van der Waals surface area contributed by atoms with Gasteiger partial charge in [-0.3, -0.25) is 4.79 Å². The topological polar surface area (TPSA) is 155 Å². The molecule has 0 heterocycles. The summed E-state index contributed by atoms with van der Waals surface area (Å²) in [5.41, 5.74) is 5.14. The third-order valence-electron chi connectivity index (χ3n) is 1.57. The smallest absolute Gasteiger partial charge is 0.333 e. The SMILES string of the molecule is NC(CSCS(=O)(=O)CC(O)C(=O)O)C(=O)O. The van der Waals surface area contributed by atoms with Gasteiger partial charge in [-0.2, -0.15) is 0 Å². The summed E-state index contributed by atoms with van der Waals surface area (Å²) in [5.74, 6) is -3.89. The van der Waals surface area contributed by atoms with Crippen LogP contribution in [0.4, 0.5) is 0 Å². The van der Waals surface area contributed by atoms with Crippen LogP contribution >= 0.6 is 11.8 Å². The normalized spacial score (nSPS) is 15.2. The molecule has 0 aliphatic rings. The lowest BCUT2D eigenvalue weighted by Crippen LogP contribution is -2.33. The van der Waals surface area contributed by atoms with Crippen LogP contribution in [0.1, 0.15) is 0 Å². The molecular formula is C7H13NO7S2. The number of hydrogen-bond donors (Lipinski definition) is 4. The quantitative estimate of drug-likeness (QED) is 0.394. The Kier molecular flexibility index (Phi) is 6.45. The number of carboxylic acids is 2. The molecule has 0 aliphatic heterocycles. The van der Waals surface area contributed by atoms with Crippen LogP contribution in [0.25, 0.3) is 0 Å². The summed E-state index contributed by atoms with van der Waals surface area (Å²) in [6.07, 6.45) is -1.98. The molecule has 0 radical (unpaired) electrons. The molecule has 8 nitrogen and oxygen atoms in total. The molecule has 2 atom stereocenters. The fourth-order valence-electron chi connectivity index (χ4n) is 0.733. The van der Waals surface area contributed by atoms with Crippen molar-refractivity contribution in [3.8, 4) is 0 Å². The van der Waals surface area contributed by atoms with Crippen LogP contribution in [0.5, 0.6) is 0 Å². The molecule has 0 fully saturated rings. The maximum absolute atomic E-state index is 11.3. The first kappa shape index (κ1) is 16.2. The summed E-state index contributed by atoms with van der Waals surface area (Å²) in [5, 5.41) is 25.1. The number of carbonyl (C=O) groups is 2. The number of aliphatic hydroxyl groups excluding tert-OH is 1. The Bertz CT molecular complexity index is 380. The molecule has 0 saturated heterocycles.